The molecule has 2 heterocycles. The number of carbonyl (C=O) groups excluding carboxylic acids is 1. The zero-order chi connectivity index (χ0) is 20.3. The van der Waals surface area contributed by atoms with Crippen LogP contribution in [0.4, 0.5) is 4.39 Å². The number of nitrogens with one attached hydrogen (secondary N) is 1. The van der Waals surface area contributed by atoms with E-state index in [0.717, 1.165) is 16.4 Å². The fourth-order valence-corrected chi connectivity index (χ4v) is 2.55. The number of amides is 1. The van der Waals surface area contributed by atoms with E-state index in [1.54, 1.807) is 25.3 Å². The van der Waals surface area contributed by atoms with Crippen molar-refractivity contribution in [3.63, 3.8) is 0 Å². The highest BCUT2D eigenvalue weighted by atomic mass is 19.1. The van der Waals surface area contributed by atoms with E-state index in [1.165, 1.54) is 24.3 Å². The van der Waals surface area contributed by atoms with Gasteiger partial charge in [-0.3, -0.25) is 14.6 Å². The second kappa shape index (κ2) is 8.10. The van der Waals surface area contributed by atoms with Gasteiger partial charge in [0.25, 0.3) is 11.5 Å². The maximum atomic E-state index is 13.7. The minimum atomic E-state index is -0.697. The van der Waals surface area contributed by atoms with E-state index in [2.05, 4.69) is 15.4 Å². The molecule has 0 fully saturated rings. The molecule has 7 nitrogen and oxygen atoms in total. The van der Waals surface area contributed by atoms with Gasteiger partial charge >= 0.3 is 0 Å². The number of pyridine rings is 1. The zero-order valence-electron chi connectivity index (χ0n) is 15.4. The summed E-state index contributed by atoms with van der Waals surface area (Å²) in [6.07, 6.45) is 1.58. The van der Waals surface area contributed by atoms with E-state index in [4.69, 9.17) is 5.11 Å². The van der Waals surface area contributed by atoms with Crippen LogP contribution in [0.5, 0.6) is 0 Å². The molecular weight excluding hydrogens is 363 g/mol. The predicted octanol–water partition coefficient (Wildman–Crippen LogP) is 1.85. The molecular formula is C20H19FN4O3. The summed E-state index contributed by atoms with van der Waals surface area (Å²) in [5.74, 6) is -1.19. The number of carbonyl (C=O) groups is 1. The molecule has 1 amide bonds. The third-order valence-electron chi connectivity index (χ3n) is 4.07. The van der Waals surface area contributed by atoms with Crippen molar-refractivity contribution < 1.29 is 14.3 Å². The molecule has 0 spiro atoms. The Bertz CT molecular complexity index is 1060. The molecule has 3 aromatic rings. The molecule has 0 saturated heterocycles. The summed E-state index contributed by atoms with van der Waals surface area (Å²) >= 11 is 0. The Hall–Kier alpha value is -3.39. The van der Waals surface area contributed by atoms with E-state index in [1.807, 2.05) is 6.92 Å². The van der Waals surface area contributed by atoms with E-state index < -0.39 is 23.3 Å². The van der Waals surface area contributed by atoms with E-state index >= 15 is 0 Å². The number of aliphatic hydroxyl groups excluding tert-OH is 1. The summed E-state index contributed by atoms with van der Waals surface area (Å²) in [7, 11) is 0. The Morgan fingerprint density at radius 2 is 2.07 bits per heavy atom. The minimum absolute atomic E-state index is 0.171. The van der Waals surface area contributed by atoms with Crippen molar-refractivity contribution in [1.29, 1.82) is 0 Å². The Kier molecular flexibility index (Phi) is 5.60. The molecule has 144 valence electrons. The maximum absolute atomic E-state index is 13.7. The van der Waals surface area contributed by atoms with E-state index in [9.17, 15) is 14.0 Å². The van der Waals surface area contributed by atoms with Crippen LogP contribution in [0.2, 0.25) is 0 Å². The highest BCUT2D eigenvalue weighted by Gasteiger charge is 2.19. The molecule has 0 bridgehead atoms. The largest absolute Gasteiger partial charge is 0.394 e. The highest BCUT2D eigenvalue weighted by molar-refractivity contribution is 5.95. The van der Waals surface area contributed by atoms with Gasteiger partial charge in [0.05, 0.1) is 18.0 Å². The lowest BCUT2D eigenvalue weighted by atomic mass is 10.1. The maximum Gasteiger partial charge on any atom is 0.284 e. The monoisotopic (exact) mass is 382 g/mol. The lowest BCUT2D eigenvalue weighted by molar-refractivity contribution is 0.0920. The van der Waals surface area contributed by atoms with Crippen LogP contribution >= 0.6 is 0 Å². The molecule has 8 heteroatoms. The molecule has 0 aliphatic rings. The fourth-order valence-electron chi connectivity index (χ4n) is 2.55. The van der Waals surface area contributed by atoms with Gasteiger partial charge < -0.3 is 10.4 Å². The SMILES string of the molecule is Cc1ccc(-c2cc(C(=O)N[C@@H](C)CO)c(=O)n(-c3cccc(F)c3)n2)cn1. The second-order valence-corrected chi connectivity index (χ2v) is 6.39. The van der Waals surface area contributed by atoms with Crippen molar-refractivity contribution in [2.45, 2.75) is 19.9 Å². The third kappa shape index (κ3) is 4.12. The third-order valence-corrected chi connectivity index (χ3v) is 4.07. The van der Waals surface area contributed by atoms with Crippen molar-refractivity contribution >= 4 is 5.91 Å². The first kappa shape index (κ1) is 19.4. The zero-order valence-corrected chi connectivity index (χ0v) is 15.4. The van der Waals surface area contributed by atoms with Gasteiger partial charge in [0, 0.05) is 23.5 Å². The van der Waals surface area contributed by atoms with Crippen LogP contribution in [0.1, 0.15) is 23.0 Å². The van der Waals surface area contributed by atoms with Crippen molar-refractivity contribution in [3.8, 4) is 16.9 Å². The van der Waals surface area contributed by atoms with Crippen molar-refractivity contribution in [2.75, 3.05) is 6.61 Å². The number of hydrogen-bond donors (Lipinski definition) is 2. The Labute approximate surface area is 160 Å². The van der Waals surface area contributed by atoms with Crippen LogP contribution in [0.15, 0.2) is 53.5 Å². The summed E-state index contributed by atoms with van der Waals surface area (Å²) in [6.45, 7) is 3.17. The van der Waals surface area contributed by atoms with Crippen LogP contribution in [0.25, 0.3) is 16.9 Å². The molecule has 1 atom stereocenters. The first-order chi connectivity index (χ1) is 13.4. The Balaban J connectivity index is 2.19. The van der Waals surface area contributed by atoms with Crippen LogP contribution in [0.3, 0.4) is 0 Å². The second-order valence-electron chi connectivity index (χ2n) is 6.39. The van der Waals surface area contributed by atoms with Gasteiger partial charge in [-0.2, -0.15) is 9.78 Å². The first-order valence-electron chi connectivity index (χ1n) is 8.64. The fraction of sp³-hybridized carbons (Fsp3) is 0.200. The number of hydrogen-bond acceptors (Lipinski definition) is 5. The molecule has 2 N–H and O–H groups in total. The van der Waals surface area contributed by atoms with Crippen molar-refractivity contribution in [3.05, 3.63) is 76.1 Å². The molecule has 3 rings (SSSR count). The van der Waals surface area contributed by atoms with Gasteiger partial charge in [-0.05, 0) is 50.2 Å². The van der Waals surface area contributed by atoms with Crippen LogP contribution in [-0.2, 0) is 0 Å². The van der Waals surface area contributed by atoms with Gasteiger partial charge in [-0.1, -0.05) is 6.07 Å². The number of rotatable bonds is 5. The van der Waals surface area contributed by atoms with Gasteiger partial charge in [0.1, 0.15) is 11.4 Å². The average molecular weight is 382 g/mol. The number of aliphatic hydroxyl groups is 1. The number of aryl methyl sites for hydroxylation is 1. The summed E-state index contributed by atoms with van der Waals surface area (Å²) in [5, 5.41) is 16.0. The molecule has 28 heavy (non-hydrogen) atoms. The summed E-state index contributed by atoms with van der Waals surface area (Å²) in [6, 6.07) is 9.75. The molecule has 2 aromatic heterocycles. The van der Waals surface area contributed by atoms with E-state index in [-0.39, 0.29) is 17.9 Å². The first-order valence-corrected chi connectivity index (χ1v) is 8.64. The van der Waals surface area contributed by atoms with Crippen LogP contribution in [-0.4, -0.2) is 38.4 Å². The van der Waals surface area contributed by atoms with Crippen LogP contribution < -0.4 is 10.9 Å². The van der Waals surface area contributed by atoms with E-state index in [0.29, 0.717) is 11.3 Å². The molecule has 0 radical (unpaired) electrons. The Morgan fingerprint density at radius 1 is 1.29 bits per heavy atom. The minimum Gasteiger partial charge on any atom is -0.394 e. The molecule has 0 saturated carbocycles. The van der Waals surface area contributed by atoms with Crippen LogP contribution in [0, 0.1) is 12.7 Å². The summed E-state index contributed by atoms with van der Waals surface area (Å²) in [5.41, 5.74) is 1.05. The number of benzene rings is 1. The smallest absolute Gasteiger partial charge is 0.284 e. The Morgan fingerprint density at radius 3 is 2.71 bits per heavy atom. The van der Waals surface area contributed by atoms with Crippen molar-refractivity contribution in [2.24, 2.45) is 0 Å². The number of nitrogens with zero attached hydrogens (tertiary/aromatic N) is 3. The normalized spacial score (nSPS) is 11.9. The molecule has 0 aliphatic carbocycles. The van der Waals surface area contributed by atoms with Crippen molar-refractivity contribution in [1.82, 2.24) is 20.1 Å². The van der Waals surface area contributed by atoms with Gasteiger partial charge in [0.15, 0.2) is 0 Å². The van der Waals surface area contributed by atoms with Gasteiger partial charge in [-0.15, -0.1) is 0 Å². The summed E-state index contributed by atoms with van der Waals surface area (Å²) < 4.78 is 14.7. The lowest BCUT2D eigenvalue weighted by Gasteiger charge is -2.13. The highest BCUT2D eigenvalue weighted by Crippen LogP contribution is 2.17. The molecule has 0 aliphatic heterocycles. The topological polar surface area (TPSA) is 97.1 Å². The predicted molar refractivity (Wildman–Crippen MR) is 102 cm³/mol. The summed E-state index contributed by atoms with van der Waals surface area (Å²) in [4.78, 5) is 29.6. The van der Waals surface area contributed by atoms with Gasteiger partial charge in [0.2, 0.25) is 0 Å². The number of halogens is 1. The lowest BCUT2D eigenvalue weighted by Crippen LogP contribution is -2.39. The molecule has 0 unspecified atom stereocenters. The quantitative estimate of drug-likeness (QED) is 0.702. The number of aromatic nitrogens is 3. The van der Waals surface area contributed by atoms with Gasteiger partial charge in [-0.25, -0.2) is 4.39 Å². The average Bonchev–Trinajstić information content (AvgIpc) is 2.68. The standard InChI is InChI=1S/C20H19FN4O3/c1-12-6-7-14(10-22-12)18-9-17(19(27)23-13(2)11-26)20(28)25(24-18)16-5-3-4-15(21)8-16/h3-10,13,26H,11H2,1-2H3,(H,23,27)/t13-/m0/s1. The molecule has 1 aromatic carbocycles.